The highest BCUT2D eigenvalue weighted by Gasteiger charge is 2.09. The van der Waals surface area contributed by atoms with Gasteiger partial charge in [0.1, 0.15) is 24.2 Å². The molecule has 0 saturated heterocycles. The third-order valence-corrected chi connectivity index (χ3v) is 5.15. The van der Waals surface area contributed by atoms with E-state index in [1.807, 2.05) is 0 Å². The molecular weight excluding hydrogens is 412 g/mol. The van der Waals surface area contributed by atoms with E-state index in [0.717, 1.165) is 0 Å². The largest absolute Gasteiger partial charge is 0.497 e. The molecule has 2 aromatic heterocycles. The number of methoxy groups -OCH3 is 2. The molecule has 0 saturated carbocycles. The molecule has 4 aromatic rings. The zero-order valence-electron chi connectivity index (χ0n) is 17.9. The summed E-state index contributed by atoms with van der Waals surface area (Å²) in [4.78, 5) is 25.2. The number of hydrogen-bond donors (Lipinski definition) is 0. The molecule has 2 heterocycles. The third-order valence-electron chi connectivity index (χ3n) is 5.15. The van der Waals surface area contributed by atoms with Crippen LogP contribution in [0.3, 0.4) is 0 Å². The highest BCUT2D eigenvalue weighted by molar-refractivity contribution is 5.37. The first-order valence-corrected chi connectivity index (χ1v) is 10.2. The van der Waals surface area contributed by atoms with Crippen LogP contribution in [0.4, 0.5) is 0 Å². The van der Waals surface area contributed by atoms with Crippen molar-refractivity contribution in [1.29, 1.82) is 0 Å². The molecule has 10 nitrogen and oxygen atoms in total. The van der Waals surface area contributed by atoms with Gasteiger partial charge in [-0.2, -0.15) is 19.6 Å². The van der Waals surface area contributed by atoms with Crippen LogP contribution in [-0.2, 0) is 13.1 Å². The zero-order valence-corrected chi connectivity index (χ0v) is 17.9. The van der Waals surface area contributed by atoms with Crippen LogP contribution in [0.25, 0.3) is 11.4 Å². The summed E-state index contributed by atoms with van der Waals surface area (Å²) >= 11 is 0. The number of rotatable bonds is 9. The summed E-state index contributed by atoms with van der Waals surface area (Å²) in [5, 5.41) is 8.38. The molecule has 166 valence electrons. The second-order valence-electron chi connectivity index (χ2n) is 7.14. The van der Waals surface area contributed by atoms with E-state index in [0.29, 0.717) is 48.8 Å². The van der Waals surface area contributed by atoms with Crippen molar-refractivity contribution >= 4 is 0 Å². The first-order valence-electron chi connectivity index (χ1n) is 10.2. The van der Waals surface area contributed by atoms with Crippen LogP contribution in [0.15, 0.2) is 70.8 Å². The fourth-order valence-corrected chi connectivity index (χ4v) is 3.34. The van der Waals surface area contributed by atoms with Gasteiger partial charge < -0.3 is 9.47 Å². The quantitative estimate of drug-likeness (QED) is 0.372. The van der Waals surface area contributed by atoms with Gasteiger partial charge in [-0.15, -0.1) is 0 Å². The Hall–Kier alpha value is -4.08. The van der Waals surface area contributed by atoms with Crippen LogP contribution >= 0.6 is 0 Å². The van der Waals surface area contributed by atoms with Gasteiger partial charge >= 0.3 is 11.4 Å². The number of nitrogens with zero attached hydrogens (tertiary/aromatic N) is 6. The normalized spacial score (nSPS) is 10.9. The summed E-state index contributed by atoms with van der Waals surface area (Å²) in [6, 6.07) is 14.3. The predicted molar refractivity (Wildman–Crippen MR) is 118 cm³/mol. The lowest BCUT2D eigenvalue weighted by Gasteiger charge is -2.04. The Morgan fingerprint density at radius 1 is 0.656 bits per heavy atom. The summed E-state index contributed by atoms with van der Waals surface area (Å²) in [6.45, 7) is 1.02. The standard InChI is InChI=1S/C22H24N6O4/c1-31-19-9-5-17(6-10-19)27-21(29)25(15-23-27)13-3-4-14-26-16-24-28(22(26)30)18-7-11-20(32-2)12-8-18/h5-12,15-16H,3-4,13-14H2,1-2H3. The van der Waals surface area contributed by atoms with Gasteiger partial charge in [-0.05, 0) is 61.4 Å². The van der Waals surface area contributed by atoms with E-state index < -0.39 is 0 Å². The molecule has 32 heavy (non-hydrogen) atoms. The van der Waals surface area contributed by atoms with Crippen LogP contribution in [0.5, 0.6) is 11.5 Å². The smallest absolute Gasteiger partial charge is 0.350 e. The average Bonchev–Trinajstić information content (AvgIpc) is 3.39. The van der Waals surface area contributed by atoms with E-state index in [4.69, 9.17) is 9.47 Å². The molecule has 0 unspecified atom stereocenters. The summed E-state index contributed by atoms with van der Waals surface area (Å²) in [5.41, 5.74) is 0.929. The van der Waals surface area contributed by atoms with Crippen LogP contribution in [0, 0.1) is 0 Å². The van der Waals surface area contributed by atoms with Crippen LogP contribution in [0.1, 0.15) is 12.8 Å². The topological polar surface area (TPSA) is 98.1 Å². The second-order valence-corrected chi connectivity index (χ2v) is 7.14. The van der Waals surface area contributed by atoms with Gasteiger partial charge in [0.15, 0.2) is 0 Å². The Morgan fingerprint density at radius 2 is 1.03 bits per heavy atom. The van der Waals surface area contributed by atoms with Crippen molar-refractivity contribution in [3.63, 3.8) is 0 Å². The second kappa shape index (κ2) is 9.38. The maximum Gasteiger partial charge on any atom is 0.350 e. The van der Waals surface area contributed by atoms with Gasteiger partial charge in [0, 0.05) is 13.1 Å². The lowest BCUT2D eigenvalue weighted by molar-refractivity contribution is 0.414. The maximum absolute atomic E-state index is 12.6. The maximum atomic E-state index is 12.6. The minimum absolute atomic E-state index is 0.209. The molecule has 0 aliphatic rings. The monoisotopic (exact) mass is 436 g/mol. The minimum atomic E-state index is -0.209. The number of ether oxygens (including phenoxy) is 2. The molecule has 0 aliphatic carbocycles. The van der Waals surface area contributed by atoms with E-state index in [-0.39, 0.29) is 11.4 Å². The van der Waals surface area contributed by atoms with E-state index in [1.54, 1.807) is 71.9 Å². The van der Waals surface area contributed by atoms with Gasteiger partial charge in [0.25, 0.3) is 0 Å². The third kappa shape index (κ3) is 4.34. The van der Waals surface area contributed by atoms with Crippen LogP contribution in [0.2, 0.25) is 0 Å². The van der Waals surface area contributed by atoms with Crippen molar-refractivity contribution in [1.82, 2.24) is 28.7 Å². The number of benzene rings is 2. The minimum Gasteiger partial charge on any atom is -0.497 e. The van der Waals surface area contributed by atoms with Gasteiger partial charge in [-0.25, -0.2) is 9.59 Å². The molecule has 0 aliphatic heterocycles. The number of aromatic nitrogens is 6. The molecular formula is C22H24N6O4. The lowest BCUT2D eigenvalue weighted by atomic mass is 10.3. The van der Waals surface area contributed by atoms with Crippen molar-refractivity contribution in [3.05, 3.63) is 82.2 Å². The summed E-state index contributed by atoms with van der Waals surface area (Å²) in [5.74, 6) is 1.43. The molecule has 4 rings (SSSR count). The Kier molecular flexibility index (Phi) is 6.20. The van der Waals surface area contributed by atoms with Crippen molar-refractivity contribution in [2.75, 3.05) is 14.2 Å². The average molecular weight is 436 g/mol. The van der Waals surface area contributed by atoms with Crippen molar-refractivity contribution in [2.45, 2.75) is 25.9 Å². The molecule has 0 bridgehead atoms. The van der Waals surface area contributed by atoms with E-state index in [9.17, 15) is 9.59 Å². The van der Waals surface area contributed by atoms with E-state index in [2.05, 4.69) is 10.2 Å². The first kappa shape index (κ1) is 21.2. The van der Waals surface area contributed by atoms with Crippen LogP contribution < -0.4 is 20.9 Å². The first-order chi connectivity index (χ1) is 15.6. The van der Waals surface area contributed by atoms with Gasteiger partial charge in [0.2, 0.25) is 0 Å². The Labute approximate surface area is 183 Å². The molecule has 0 N–H and O–H groups in total. The van der Waals surface area contributed by atoms with Gasteiger partial charge in [0.05, 0.1) is 25.6 Å². The lowest BCUT2D eigenvalue weighted by Crippen LogP contribution is -2.25. The number of unbranched alkanes of at least 4 members (excludes halogenated alkanes) is 1. The fourth-order valence-electron chi connectivity index (χ4n) is 3.34. The highest BCUT2D eigenvalue weighted by Crippen LogP contribution is 2.14. The Balaban J connectivity index is 1.35. The Bertz CT molecular complexity index is 1180. The van der Waals surface area contributed by atoms with Gasteiger partial charge in [-0.3, -0.25) is 9.13 Å². The molecule has 0 atom stereocenters. The molecule has 2 aromatic carbocycles. The zero-order chi connectivity index (χ0) is 22.5. The molecule has 0 radical (unpaired) electrons. The summed E-state index contributed by atoms with van der Waals surface area (Å²) in [6.07, 6.45) is 4.49. The molecule has 0 spiro atoms. The Morgan fingerprint density at radius 3 is 1.38 bits per heavy atom. The van der Waals surface area contributed by atoms with Crippen molar-refractivity contribution in [2.24, 2.45) is 0 Å². The van der Waals surface area contributed by atoms with Crippen LogP contribution in [-0.4, -0.2) is 42.9 Å². The SMILES string of the molecule is COc1ccc(-n2ncn(CCCCn3cnn(-c4ccc(OC)cc4)c3=O)c2=O)cc1. The molecule has 10 heteroatoms. The van der Waals surface area contributed by atoms with Crippen molar-refractivity contribution in [3.8, 4) is 22.9 Å². The highest BCUT2D eigenvalue weighted by atomic mass is 16.5. The predicted octanol–water partition coefficient (Wildman–Crippen LogP) is 1.88. The summed E-state index contributed by atoms with van der Waals surface area (Å²) < 4.78 is 16.1. The van der Waals surface area contributed by atoms with Crippen molar-refractivity contribution < 1.29 is 9.47 Å². The summed E-state index contributed by atoms with van der Waals surface area (Å²) in [7, 11) is 3.18. The number of hydrogen-bond acceptors (Lipinski definition) is 6. The molecule has 0 amide bonds. The molecule has 0 fully saturated rings. The van der Waals surface area contributed by atoms with E-state index >= 15 is 0 Å². The fraction of sp³-hybridized carbons (Fsp3) is 0.273. The van der Waals surface area contributed by atoms with Gasteiger partial charge in [-0.1, -0.05) is 0 Å². The number of aryl methyl sites for hydroxylation is 2. The van der Waals surface area contributed by atoms with E-state index in [1.165, 1.54) is 22.0 Å².